The van der Waals surface area contributed by atoms with Crippen molar-refractivity contribution in [2.24, 2.45) is 0 Å². The average molecular weight is 451 g/mol. The van der Waals surface area contributed by atoms with E-state index in [1.165, 1.54) is 0 Å². The first-order valence-corrected chi connectivity index (χ1v) is 9.23. The Kier molecular flexibility index (Phi) is 4.67. The summed E-state index contributed by atoms with van der Waals surface area (Å²) in [4.78, 5) is 17.7. The summed E-state index contributed by atoms with van der Waals surface area (Å²) in [5, 5.41) is 0. The Hall–Kier alpha value is -2.73. The van der Waals surface area contributed by atoms with Crippen LogP contribution in [0.1, 0.15) is 16.1 Å². The molecule has 0 spiro atoms. The van der Waals surface area contributed by atoms with E-state index in [9.17, 15) is 4.79 Å². The Morgan fingerprint density at radius 2 is 1.42 bits per heavy atom. The minimum atomic E-state index is -0.172. The molecule has 1 heterocycles. The number of carbonyl (C=O) groups is 1. The number of hydrogen-bond donors (Lipinski definition) is 0. The van der Waals surface area contributed by atoms with Gasteiger partial charge in [0.2, 0.25) is 17.4 Å². The second-order valence-corrected chi connectivity index (χ2v) is 6.90. The largest absolute Gasteiger partial charge is 0.432 e. The fourth-order valence-electron chi connectivity index (χ4n) is 2.74. The molecule has 0 saturated heterocycles. The molecule has 0 radical (unpaired) electrons. The van der Waals surface area contributed by atoms with Gasteiger partial charge in [0, 0.05) is 14.7 Å². The maximum atomic E-state index is 13.0. The van der Waals surface area contributed by atoms with Crippen LogP contribution in [0.15, 0.2) is 89.3 Å². The van der Waals surface area contributed by atoms with Gasteiger partial charge in [-0.05, 0) is 34.7 Å². The number of oxazole rings is 1. The quantitative estimate of drug-likeness (QED) is 0.289. The average Bonchev–Trinajstić information content (AvgIpc) is 3.14. The molecule has 0 aliphatic carbocycles. The first-order chi connectivity index (χ1) is 12.7. The Morgan fingerprint density at radius 1 is 0.808 bits per heavy atom. The van der Waals surface area contributed by atoms with Crippen LogP contribution in [0, 0.1) is 3.57 Å². The standard InChI is InChI=1S/C22H14INO2/c23-18-14-8-7-13-17(18)22-24-19(15-9-3-1-4-10-15)21(26-22)20(25)16-11-5-2-6-12-16/h1-14H. The van der Waals surface area contributed by atoms with Crippen molar-refractivity contribution >= 4 is 28.4 Å². The second kappa shape index (κ2) is 7.25. The van der Waals surface area contributed by atoms with Crippen molar-refractivity contribution in [2.75, 3.05) is 0 Å². The van der Waals surface area contributed by atoms with Crippen LogP contribution in [0.5, 0.6) is 0 Å². The molecular formula is C22H14INO2. The molecule has 0 bridgehead atoms. The van der Waals surface area contributed by atoms with Gasteiger partial charge in [0.05, 0.1) is 5.56 Å². The summed E-state index contributed by atoms with van der Waals surface area (Å²) in [6.07, 6.45) is 0. The molecule has 126 valence electrons. The third-order valence-corrected chi connectivity index (χ3v) is 4.96. The van der Waals surface area contributed by atoms with Gasteiger partial charge in [-0.1, -0.05) is 72.8 Å². The lowest BCUT2D eigenvalue weighted by Crippen LogP contribution is -2.01. The van der Waals surface area contributed by atoms with Crippen molar-refractivity contribution in [3.63, 3.8) is 0 Å². The lowest BCUT2D eigenvalue weighted by molar-refractivity contribution is 0.101. The molecule has 3 aromatic carbocycles. The Bertz CT molecular complexity index is 1060. The smallest absolute Gasteiger partial charge is 0.230 e. The van der Waals surface area contributed by atoms with E-state index in [0.717, 1.165) is 14.7 Å². The minimum absolute atomic E-state index is 0.172. The van der Waals surface area contributed by atoms with Gasteiger partial charge < -0.3 is 4.42 Å². The summed E-state index contributed by atoms with van der Waals surface area (Å²) in [7, 11) is 0. The SMILES string of the molecule is O=C(c1ccccc1)c1oc(-c2ccccc2I)nc1-c1ccccc1. The highest BCUT2D eigenvalue weighted by atomic mass is 127. The van der Waals surface area contributed by atoms with E-state index in [4.69, 9.17) is 4.42 Å². The number of halogens is 1. The van der Waals surface area contributed by atoms with E-state index in [1.807, 2.05) is 72.8 Å². The highest BCUT2D eigenvalue weighted by Crippen LogP contribution is 2.32. The molecule has 4 rings (SSSR count). The van der Waals surface area contributed by atoms with Crippen molar-refractivity contribution < 1.29 is 9.21 Å². The van der Waals surface area contributed by atoms with Crippen molar-refractivity contribution in [3.05, 3.63) is 99.8 Å². The van der Waals surface area contributed by atoms with Crippen molar-refractivity contribution in [1.29, 1.82) is 0 Å². The minimum Gasteiger partial charge on any atom is -0.432 e. The number of rotatable bonds is 4. The van der Waals surface area contributed by atoms with Gasteiger partial charge in [0.1, 0.15) is 5.69 Å². The van der Waals surface area contributed by atoms with Gasteiger partial charge in [0.25, 0.3) is 0 Å². The number of benzene rings is 3. The van der Waals surface area contributed by atoms with Crippen LogP contribution in [0.3, 0.4) is 0 Å². The zero-order valence-electron chi connectivity index (χ0n) is 13.7. The second-order valence-electron chi connectivity index (χ2n) is 5.74. The van der Waals surface area contributed by atoms with E-state index in [2.05, 4.69) is 27.6 Å². The summed E-state index contributed by atoms with van der Waals surface area (Å²) in [6.45, 7) is 0. The van der Waals surface area contributed by atoms with E-state index in [0.29, 0.717) is 17.1 Å². The zero-order valence-corrected chi connectivity index (χ0v) is 15.9. The van der Waals surface area contributed by atoms with Gasteiger partial charge >= 0.3 is 0 Å². The van der Waals surface area contributed by atoms with Crippen LogP contribution < -0.4 is 0 Å². The molecule has 4 aromatic rings. The van der Waals surface area contributed by atoms with E-state index < -0.39 is 0 Å². The molecule has 0 fully saturated rings. The van der Waals surface area contributed by atoms with Gasteiger partial charge in [-0.3, -0.25) is 4.79 Å². The van der Waals surface area contributed by atoms with E-state index in [-0.39, 0.29) is 11.5 Å². The zero-order chi connectivity index (χ0) is 17.9. The van der Waals surface area contributed by atoms with Crippen LogP contribution in [0.25, 0.3) is 22.7 Å². The molecule has 0 atom stereocenters. The maximum absolute atomic E-state index is 13.0. The van der Waals surface area contributed by atoms with Crippen LogP contribution in [-0.4, -0.2) is 10.8 Å². The number of carbonyl (C=O) groups excluding carboxylic acids is 1. The topological polar surface area (TPSA) is 43.1 Å². The highest BCUT2D eigenvalue weighted by Gasteiger charge is 2.24. The third-order valence-electron chi connectivity index (χ3n) is 4.02. The summed E-state index contributed by atoms with van der Waals surface area (Å²) in [5.41, 5.74) is 2.87. The van der Waals surface area contributed by atoms with Crippen LogP contribution >= 0.6 is 22.6 Å². The van der Waals surface area contributed by atoms with Crippen molar-refractivity contribution in [1.82, 2.24) is 4.98 Å². The first-order valence-electron chi connectivity index (χ1n) is 8.15. The number of ketones is 1. The Labute approximate surface area is 164 Å². The molecule has 0 saturated carbocycles. The number of aromatic nitrogens is 1. The number of nitrogens with zero attached hydrogens (tertiary/aromatic N) is 1. The van der Waals surface area contributed by atoms with Gasteiger partial charge in [0.15, 0.2) is 0 Å². The normalized spacial score (nSPS) is 10.7. The predicted octanol–water partition coefficient (Wildman–Crippen LogP) is 5.84. The third kappa shape index (κ3) is 3.20. The van der Waals surface area contributed by atoms with E-state index >= 15 is 0 Å². The fraction of sp³-hybridized carbons (Fsp3) is 0. The number of hydrogen-bond acceptors (Lipinski definition) is 3. The first kappa shape index (κ1) is 16.7. The predicted molar refractivity (Wildman–Crippen MR) is 110 cm³/mol. The molecule has 0 unspecified atom stereocenters. The molecular weight excluding hydrogens is 437 g/mol. The summed E-state index contributed by atoms with van der Waals surface area (Å²) in [6, 6.07) is 26.6. The van der Waals surface area contributed by atoms with Crippen molar-refractivity contribution in [3.8, 4) is 22.7 Å². The van der Waals surface area contributed by atoms with Gasteiger partial charge in [-0.2, -0.15) is 0 Å². The molecule has 3 nitrogen and oxygen atoms in total. The molecule has 0 N–H and O–H groups in total. The molecule has 0 amide bonds. The van der Waals surface area contributed by atoms with Crippen LogP contribution in [-0.2, 0) is 0 Å². The molecule has 0 aliphatic heterocycles. The lowest BCUT2D eigenvalue weighted by Gasteiger charge is -2.01. The summed E-state index contributed by atoms with van der Waals surface area (Å²) < 4.78 is 7.01. The van der Waals surface area contributed by atoms with Crippen LogP contribution in [0.2, 0.25) is 0 Å². The highest BCUT2D eigenvalue weighted by molar-refractivity contribution is 14.1. The summed E-state index contributed by atoms with van der Waals surface area (Å²) in [5.74, 6) is 0.541. The Balaban J connectivity index is 1.89. The molecule has 4 heteroatoms. The fourth-order valence-corrected chi connectivity index (χ4v) is 3.35. The van der Waals surface area contributed by atoms with Gasteiger partial charge in [-0.15, -0.1) is 0 Å². The van der Waals surface area contributed by atoms with Gasteiger partial charge in [-0.25, -0.2) is 4.98 Å². The Morgan fingerprint density at radius 3 is 2.12 bits per heavy atom. The van der Waals surface area contributed by atoms with Crippen LogP contribution in [0.4, 0.5) is 0 Å². The molecule has 26 heavy (non-hydrogen) atoms. The lowest BCUT2D eigenvalue weighted by atomic mass is 10.0. The maximum Gasteiger partial charge on any atom is 0.230 e. The molecule has 1 aromatic heterocycles. The van der Waals surface area contributed by atoms with E-state index in [1.54, 1.807) is 12.1 Å². The molecule has 0 aliphatic rings. The van der Waals surface area contributed by atoms with Crippen molar-refractivity contribution in [2.45, 2.75) is 0 Å². The monoisotopic (exact) mass is 451 g/mol. The summed E-state index contributed by atoms with van der Waals surface area (Å²) >= 11 is 2.24.